The summed E-state index contributed by atoms with van der Waals surface area (Å²) in [5, 5.41) is 0. The average molecular weight is 264 g/mol. The van der Waals surface area contributed by atoms with Crippen LogP contribution in [0, 0.1) is 6.92 Å². The predicted octanol–water partition coefficient (Wildman–Crippen LogP) is 2.90. The van der Waals surface area contributed by atoms with Gasteiger partial charge in [0.25, 0.3) is 0 Å². The molecule has 0 aromatic carbocycles. The van der Waals surface area contributed by atoms with Crippen LogP contribution in [0.2, 0.25) is 0 Å². The zero-order chi connectivity index (χ0) is 14.4. The molecule has 2 N–H and O–H groups in total. The van der Waals surface area contributed by atoms with Crippen molar-refractivity contribution < 1.29 is 4.74 Å². The van der Waals surface area contributed by atoms with Crippen LogP contribution in [-0.2, 0) is 0 Å². The lowest BCUT2D eigenvalue weighted by Gasteiger charge is -2.26. The molecule has 0 aliphatic carbocycles. The van der Waals surface area contributed by atoms with Crippen LogP contribution in [0.1, 0.15) is 39.7 Å². The highest BCUT2D eigenvalue weighted by molar-refractivity contribution is 5.56. The van der Waals surface area contributed by atoms with E-state index in [1.54, 1.807) is 0 Å². The van der Waals surface area contributed by atoms with E-state index in [-0.39, 0.29) is 12.0 Å². The molecule has 0 atom stereocenters. The molecular formula is C14H24N4O. The van der Waals surface area contributed by atoms with E-state index in [1.165, 1.54) is 0 Å². The first-order valence-electron chi connectivity index (χ1n) is 6.73. The minimum absolute atomic E-state index is 0.236. The van der Waals surface area contributed by atoms with Crippen molar-refractivity contribution in [1.29, 1.82) is 0 Å². The summed E-state index contributed by atoms with van der Waals surface area (Å²) in [6.07, 6.45) is 5.11. The van der Waals surface area contributed by atoms with Crippen LogP contribution in [0.3, 0.4) is 0 Å². The molecule has 0 aliphatic rings. The third-order valence-corrected chi connectivity index (χ3v) is 2.68. The highest BCUT2D eigenvalue weighted by atomic mass is 16.5. The SMILES string of the molecule is CC/C=C/N(c1nc(N)nc(OCC)c1C)C(C)C. The molecule has 0 aliphatic heterocycles. The molecule has 0 amide bonds. The lowest BCUT2D eigenvalue weighted by Crippen LogP contribution is -2.27. The Morgan fingerprint density at radius 3 is 2.53 bits per heavy atom. The van der Waals surface area contributed by atoms with Crippen molar-refractivity contribution in [2.24, 2.45) is 0 Å². The maximum absolute atomic E-state index is 5.77. The molecule has 5 nitrogen and oxygen atoms in total. The monoisotopic (exact) mass is 264 g/mol. The van der Waals surface area contributed by atoms with Crippen LogP contribution >= 0.6 is 0 Å². The summed E-state index contributed by atoms with van der Waals surface area (Å²) in [5.74, 6) is 1.59. The lowest BCUT2D eigenvalue weighted by molar-refractivity contribution is 0.324. The molecule has 0 unspecified atom stereocenters. The minimum atomic E-state index is 0.236. The third-order valence-electron chi connectivity index (χ3n) is 2.68. The van der Waals surface area contributed by atoms with Gasteiger partial charge < -0.3 is 15.4 Å². The van der Waals surface area contributed by atoms with Crippen molar-refractivity contribution in [2.75, 3.05) is 17.2 Å². The summed E-state index contributed by atoms with van der Waals surface area (Å²) in [5.41, 5.74) is 6.68. The number of allylic oxidation sites excluding steroid dienone is 1. The fourth-order valence-corrected chi connectivity index (χ4v) is 1.74. The summed E-state index contributed by atoms with van der Waals surface area (Å²) in [7, 11) is 0. The summed E-state index contributed by atoms with van der Waals surface area (Å²) in [4.78, 5) is 10.6. The Bertz CT molecular complexity index is 443. The highest BCUT2D eigenvalue weighted by Crippen LogP contribution is 2.27. The Morgan fingerprint density at radius 1 is 1.32 bits per heavy atom. The fraction of sp³-hybridized carbons (Fsp3) is 0.571. The number of ether oxygens (including phenoxy) is 1. The molecule has 1 aromatic rings. The van der Waals surface area contributed by atoms with Crippen molar-refractivity contribution in [3.05, 3.63) is 17.8 Å². The van der Waals surface area contributed by atoms with E-state index in [9.17, 15) is 0 Å². The van der Waals surface area contributed by atoms with E-state index in [4.69, 9.17) is 10.5 Å². The van der Waals surface area contributed by atoms with Gasteiger partial charge in [-0.05, 0) is 34.1 Å². The Labute approximate surface area is 115 Å². The van der Waals surface area contributed by atoms with Gasteiger partial charge in [-0.25, -0.2) is 0 Å². The summed E-state index contributed by atoms with van der Waals surface area (Å²) >= 11 is 0. The van der Waals surface area contributed by atoms with Gasteiger partial charge in [-0.1, -0.05) is 13.0 Å². The van der Waals surface area contributed by atoms with Crippen molar-refractivity contribution in [3.63, 3.8) is 0 Å². The molecular weight excluding hydrogens is 240 g/mol. The molecule has 106 valence electrons. The molecule has 0 radical (unpaired) electrons. The van der Waals surface area contributed by atoms with Crippen LogP contribution in [-0.4, -0.2) is 22.6 Å². The van der Waals surface area contributed by atoms with Crippen molar-refractivity contribution >= 4 is 11.8 Å². The van der Waals surface area contributed by atoms with Crippen molar-refractivity contribution in [1.82, 2.24) is 9.97 Å². The van der Waals surface area contributed by atoms with Crippen LogP contribution in [0.5, 0.6) is 5.88 Å². The lowest BCUT2D eigenvalue weighted by atomic mass is 10.2. The molecule has 0 fully saturated rings. The second kappa shape index (κ2) is 6.97. The predicted molar refractivity (Wildman–Crippen MR) is 79.4 cm³/mol. The van der Waals surface area contributed by atoms with Gasteiger partial charge in [-0.15, -0.1) is 0 Å². The Morgan fingerprint density at radius 2 is 2.00 bits per heavy atom. The van der Waals surface area contributed by atoms with E-state index in [2.05, 4.69) is 41.7 Å². The van der Waals surface area contributed by atoms with Crippen molar-refractivity contribution in [3.8, 4) is 5.88 Å². The van der Waals surface area contributed by atoms with Crippen LogP contribution in [0.25, 0.3) is 0 Å². The van der Waals surface area contributed by atoms with Gasteiger partial charge in [0.15, 0.2) is 0 Å². The first-order valence-corrected chi connectivity index (χ1v) is 6.73. The number of nitrogens with two attached hydrogens (primary N) is 1. The topological polar surface area (TPSA) is 64.3 Å². The standard InChI is InChI=1S/C14H24N4O/c1-6-8-9-18(10(3)4)12-11(5)13(19-7-2)17-14(15)16-12/h8-10H,6-7H2,1-5H3,(H2,15,16,17)/b9-8+. The largest absolute Gasteiger partial charge is 0.478 e. The summed E-state index contributed by atoms with van der Waals surface area (Å²) < 4.78 is 5.51. The number of hydrogen-bond donors (Lipinski definition) is 1. The maximum Gasteiger partial charge on any atom is 0.225 e. The molecule has 0 saturated heterocycles. The van der Waals surface area contributed by atoms with E-state index in [0.29, 0.717) is 12.5 Å². The Balaban J connectivity index is 3.25. The first kappa shape index (κ1) is 15.3. The van der Waals surface area contributed by atoms with Crippen molar-refractivity contribution in [2.45, 2.75) is 47.1 Å². The molecule has 1 rings (SSSR count). The molecule has 5 heteroatoms. The second-order valence-electron chi connectivity index (χ2n) is 4.56. The zero-order valence-electron chi connectivity index (χ0n) is 12.5. The molecule has 0 saturated carbocycles. The van der Waals surface area contributed by atoms with Gasteiger partial charge in [-0.3, -0.25) is 0 Å². The number of nitrogens with zero attached hydrogens (tertiary/aromatic N) is 3. The average Bonchev–Trinajstić information content (AvgIpc) is 2.35. The Kier molecular flexibility index (Phi) is 5.60. The number of nitrogen functional groups attached to an aromatic ring is 1. The van der Waals surface area contributed by atoms with E-state index < -0.39 is 0 Å². The number of hydrogen-bond acceptors (Lipinski definition) is 5. The van der Waals surface area contributed by atoms with Gasteiger partial charge >= 0.3 is 0 Å². The van der Waals surface area contributed by atoms with Crippen LogP contribution in [0.15, 0.2) is 12.3 Å². The third kappa shape index (κ3) is 3.84. The van der Waals surface area contributed by atoms with Gasteiger partial charge in [0.05, 0.1) is 12.2 Å². The normalized spacial score (nSPS) is 11.3. The number of anilines is 2. The molecule has 0 bridgehead atoms. The number of aromatic nitrogens is 2. The first-order chi connectivity index (χ1) is 9.01. The Hall–Kier alpha value is -1.78. The van der Waals surface area contributed by atoms with Gasteiger partial charge in [-0.2, -0.15) is 9.97 Å². The number of rotatable bonds is 6. The van der Waals surface area contributed by atoms with E-state index in [0.717, 1.165) is 17.8 Å². The minimum Gasteiger partial charge on any atom is -0.478 e. The zero-order valence-corrected chi connectivity index (χ0v) is 12.5. The fourth-order valence-electron chi connectivity index (χ4n) is 1.74. The molecule has 1 aromatic heterocycles. The molecule has 19 heavy (non-hydrogen) atoms. The van der Waals surface area contributed by atoms with Crippen LogP contribution < -0.4 is 15.4 Å². The maximum atomic E-state index is 5.77. The second-order valence-corrected chi connectivity index (χ2v) is 4.56. The highest BCUT2D eigenvalue weighted by Gasteiger charge is 2.17. The quantitative estimate of drug-likeness (QED) is 0.856. The van der Waals surface area contributed by atoms with E-state index >= 15 is 0 Å². The smallest absolute Gasteiger partial charge is 0.225 e. The molecule has 0 spiro atoms. The van der Waals surface area contributed by atoms with E-state index in [1.807, 2.05) is 20.0 Å². The summed E-state index contributed by atoms with van der Waals surface area (Å²) in [6.45, 7) is 10.8. The molecule has 1 heterocycles. The van der Waals surface area contributed by atoms with Crippen LogP contribution in [0.4, 0.5) is 11.8 Å². The van der Waals surface area contributed by atoms with Gasteiger partial charge in [0.1, 0.15) is 5.82 Å². The van der Waals surface area contributed by atoms with Gasteiger partial charge in [0.2, 0.25) is 11.8 Å². The van der Waals surface area contributed by atoms with Gasteiger partial charge in [0, 0.05) is 12.2 Å². The summed E-state index contributed by atoms with van der Waals surface area (Å²) in [6, 6.07) is 0.283.